The lowest BCUT2D eigenvalue weighted by atomic mass is 9.70. The minimum atomic E-state index is -1.50. The van der Waals surface area contributed by atoms with Crippen molar-refractivity contribution in [3.8, 4) is 0 Å². The van der Waals surface area contributed by atoms with E-state index >= 15 is 0 Å². The van der Waals surface area contributed by atoms with Gasteiger partial charge in [-0.25, -0.2) is 0 Å². The van der Waals surface area contributed by atoms with E-state index in [-0.39, 0.29) is 5.92 Å². The summed E-state index contributed by atoms with van der Waals surface area (Å²) in [5, 5.41) is 0. The van der Waals surface area contributed by atoms with Crippen molar-refractivity contribution < 1.29 is 13.5 Å². The van der Waals surface area contributed by atoms with Crippen molar-refractivity contribution in [1.82, 2.24) is 0 Å². The summed E-state index contributed by atoms with van der Waals surface area (Å²) in [5.74, 6) is 1.71. The van der Waals surface area contributed by atoms with Crippen molar-refractivity contribution in [2.24, 2.45) is 17.8 Å². The molecule has 2 aliphatic rings. The van der Waals surface area contributed by atoms with Crippen molar-refractivity contribution in [2.45, 2.75) is 70.8 Å². The highest BCUT2D eigenvalue weighted by molar-refractivity contribution is 4.92. The Kier molecular flexibility index (Phi) is 6.47. The van der Waals surface area contributed by atoms with Gasteiger partial charge >= 0.3 is 0 Å². The molecule has 0 radical (unpaired) electrons. The van der Waals surface area contributed by atoms with E-state index in [1.165, 1.54) is 31.8 Å². The van der Waals surface area contributed by atoms with Crippen LogP contribution in [0.1, 0.15) is 64.7 Å². The molecule has 3 heteroatoms. The maximum absolute atomic E-state index is 12.3. The van der Waals surface area contributed by atoms with E-state index in [2.05, 4.69) is 6.92 Å². The molecule has 0 N–H and O–H groups in total. The molecule has 0 unspecified atom stereocenters. The van der Waals surface area contributed by atoms with Crippen molar-refractivity contribution in [3.63, 3.8) is 0 Å². The largest absolute Gasteiger partial charge is 0.378 e. The zero-order chi connectivity index (χ0) is 14.4. The summed E-state index contributed by atoms with van der Waals surface area (Å²) in [6.45, 7) is 3.04. The van der Waals surface area contributed by atoms with Gasteiger partial charge in [0.25, 0.3) is 6.08 Å². The lowest BCUT2D eigenvalue weighted by molar-refractivity contribution is 0.00792. The van der Waals surface area contributed by atoms with Gasteiger partial charge in [-0.05, 0) is 81.6 Å². The molecule has 2 rings (SSSR count). The molecule has 2 aliphatic carbocycles. The Morgan fingerprint density at radius 1 is 0.950 bits per heavy atom. The number of hydrogen-bond acceptors (Lipinski definition) is 1. The van der Waals surface area contributed by atoms with Crippen LogP contribution in [-0.2, 0) is 4.74 Å². The van der Waals surface area contributed by atoms with Gasteiger partial charge in [-0.3, -0.25) is 0 Å². The van der Waals surface area contributed by atoms with E-state index in [0.717, 1.165) is 50.5 Å². The number of rotatable bonds is 5. The fourth-order valence-corrected chi connectivity index (χ4v) is 3.97. The minimum absolute atomic E-state index is 0.125. The van der Waals surface area contributed by atoms with E-state index in [1.807, 2.05) is 0 Å². The first-order valence-electron chi connectivity index (χ1n) is 8.33. The second-order valence-electron chi connectivity index (χ2n) is 6.54. The predicted molar refractivity (Wildman–Crippen MR) is 77.7 cm³/mol. The first kappa shape index (κ1) is 15.9. The molecule has 2 fully saturated rings. The van der Waals surface area contributed by atoms with Crippen LogP contribution >= 0.6 is 0 Å². The van der Waals surface area contributed by atoms with Gasteiger partial charge in [0.2, 0.25) is 0 Å². The summed E-state index contributed by atoms with van der Waals surface area (Å²) in [6.07, 6.45) is 10.4. The standard InChI is InChI=1S/C17H28F2O/c1-2-11-20-16-9-7-15(8-10-16)14-5-3-13(4-6-14)12-17(18)19/h12-16H,2-11H2,1H3/t13-,14-,15-,16-. The molecule has 0 heterocycles. The maximum atomic E-state index is 12.3. The zero-order valence-corrected chi connectivity index (χ0v) is 12.6. The van der Waals surface area contributed by atoms with Gasteiger partial charge in [0, 0.05) is 6.61 Å². The van der Waals surface area contributed by atoms with Gasteiger partial charge in [-0.1, -0.05) is 6.92 Å². The molecular formula is C17H28F2O. The van der Waals surface area contributed by atoms with Crippen molar-refractivity contribution in [1.29, 1.82) is 0 Å². The molecule has 0 aromatic carbocycles. The highest BCUT2D eigenvalue weighted by atomic mass is 19.3. The quantitative estimate of drug-likeness (QED) is 0.643. The first-order valence-corrected chi connectivity index (χ1v) is 8.33. The van der Waals surface area contributed by atoms with Gasteiger partial charge in [-0.2, -0.15) is 8.78 Å². The Morgan fingerprint density at radius 2 is 1.50 bits per heavy atom. The van der Waals surface area contributed by atoms with Crippen LogP contribution in [0.15, 0.2) is 12.2 Å². The molecule has 0 aliphatic heterocycles. The third kappa shape index (κ3) is 4.83. The van der Waals surface area contributed by atoms with Crippen LogP contribution in [-0.4, -0.2) is 12.7 Å². The molecule has 20 heavy (non-hydrogen) atoms. The molecule has 0 atom stereocenters. The number of halogens is 2. The van der Waals surface area contributed by atoms with Crippen LogP contribution < -0.4 is 0 Å². The Bertz CT molecular complexity index is 296. The SMILES string of the molecule is CCCO[C@H]1CC[C@H]([C@H]2CC[C@H](C=C(F)F)CC2)CC1. The average Bonchev–Trinajstić information content (AvgIpc) is 2.46. The summed E-state index contributed by atoms with van der Waals surface area (Å²) >= 11 is 0. The molecule has 0 amide bonds. The molecule has 0 saturated heterocycles. The summed E-state index contributed by atoms with van der Waals surface area (Å²) in [7, 11) is 0. The third-order valence-electron chi connectivity index (χ3n) is 5.12. The lowest BCUT2D eigenvalue weighted by Gasteiger charge is -2.37. The van der Waals surface area contributed by atoms with Crippen LogP contribution in [0.3, 0.4) is 0 Å². The lowest BCUT2D eigenvalue weighted by Crippen LogP contribution is -2.28. The molecule has 2 saturated carbocycles. The van der Waals surface area contributed by atoms with E-state index in [1.54, 1.807) is 0 Å². The summed E-state index contributed by atoms with van der Waals surface area (Å²) in [6, 6.07) is 0. The van der Waals surface area contributed by atoms with Gasteiger partial charge in [0.15, 0.2) is 0 Å². The van der Waals surface area contributed by atoms with Crippen LogP contribution in [0.5, 0.6) is 0 Å². The van der Waals surface area contributed by atoms with Crippen molar-refractivity contribution in [3.05, 3.63) is 12.2 Å². The summed E-state index contributed by atoms with van der Waals surface area (Å²) in [4.78, 5) is 0. The monoisotopic (exact) mass is 286 g/mol. The molecule has 116 valence electrons. The van der Waals surface area contributed by atoms with Gasteiger partial charge in [-0.15, -0.1) is 0 Å². The number of hydrogen-bond donors (Lipinski definition) is 0. The Balaban J connectivity index is 1.69. The molecule has 1 nitrogen and oxygen atoms in total. The van der Waals surface area contributed by atoms with E-state index < -0.39 is 6.08 Å². The fraction of sp³-hybridized carbons (Fsp3) is 0.882. The second-order valence-corrected chi connectivity index (χ2v) is 6.54. The average molecular weight is 286 g/mol. The van der Waals surface area contributed by atoms with Gasteiger partial charge in [0.1, 0.15) is 0 Å². The van der Waals surface area contributed by atoms with Crippen molar-refractivity contribution >= 4 is 0 Å². The van der Waals surface area contributed by atoms with Crippen LogP contribution in [0.2, 0.25) is 0 Å². The maximum Gasteiger partial charge on any atom is 0.266 e. The van der Waals surface area contributed by atoms with Crippen LogP contribution in [0.25, 0.3) is 0 Å². The number of allylic oxidation sites excluding steroid dienone is 1. The Hall–Kier alpha value is -0.440. The van der Waals surface area contributed by atoms with Gasteiger partial charge in [0.05, 0.1) is 6.10 Å². The Morgan fingerprint density at radius 3 is 2.00 bits per heavy atom. The summed E-state index contributed by atoms with van der Waals surface area (Å²) < 4.78 is 30.4. The fourth-order valence-electron chi connectivity index (χ4n) is 3.97. The minimum Gasteiger partial charge on any atom is -0.378 e. The van der Waals surface area contributed by atoms with E-state index in [4.69, 9.17) is 4.74 Å². The Labute approximate surface area is 121 Å². The second kappa shape index (κ2) is 8.11. The molecule has 0 bridgehead atoms. The number of ether oxygens (including phenoxy) is 1. The van der Waals surface area contributed by atoms with E-state index in [0.29, 0.717) is 6.10 Å². The highest BCUT2D eigenvalue weighted by Crippen LogP contribution is 2.41. The van der Waals surface area contributed by atoms with Crippen LogP contribution in [0.4, 0.5) is 8.78 Å². The van der Waals surface area contributed by atoms with Crippen LogP contribution in [0, 0.1) is 17.8 Å². The predicted octanol–water partition coefficient (Wildman–Crippen LogP) is 5.56. The molecule has 0 aromatic rings. The highest BCUT2D eigenvalue weighted by Gasteiger charge is 2.30. The third-order valence-corrected chi connectivity index (χ3v) is 5.12. The molecular weight excluding hydrogens is 258 g/mol. The normalized spacial score (nSPS) is 34.8. The molecule has 0 spiro atoms. The van der Waals surface area contributed by atoms with E-state index in [9.17, 15) is 8.78 Å². The smallest absolute Gasteiger partial charge is 0.266 e. The van der Waals surface area contributed by atoms with Gasteiger partial charge < -0.3 is 4.74 Å². The first-order chi connectivity index (χ1) is 9.69. The summed E-state index contributed by atoms with van der Waals surface area (Å²) in [5.41, 5.74) is 0. The molecule has 0 aromatic heterocycles. The topological polar surface area (TPSA) is 9.23 Å². The zero-order valence-electron chi connectivity index (χ0n) is 12.6. The van der Waals surface area contributed by atoms with Crippen molar-refractivity contribution in [2.75, 3.05) is 6.61 Å².